The number of nitrogens with one attached hydrogen (secondary N) is 1. The number of hydrogen-bond acceptors (Lipinski definition) is 5. The summed E-state index contributed by atoms with van der Waals surface area (Å²) in [5, 5.41) is 4.65. The summed E-state index contributed by atoms with van der Waals surface area (Å²) in [7, 11) is 1.90. The van der Waals surface area contributed by atoms with E-state index in [0.29, 0.717) is 5.16 Å². The highest BCUT2D eigenvalue weighted by atomic mass is 79.9. The van der Waals surface area contributed by atoms with Crippen LogP contribution in [0.2, 0.25) is 0 Å². The summed E-state index contributed by atoms with van der Waals surface area (Å²) in [5.41, 5.74) is 1.07. The molecular formula is C11H11BrN4S. The third-order valence-electron chi connectivity index (χ3n) is 1.96. The van der Waals surface area contributed by atoms with Gasteiger partial charge >= 0.3 is 0 Å². The van der Waals surface area contributed by atoms with E-state index in [1.54, 1.807) is 6.20 Å². The molecule has 1 N–H and O–H groups in total. The normalized spacial score (nSPS) is 10.5. The Balaban J connectivity index is 2.05. The molecule has 0 fully saturated rings. The molecule has 0 unspecified atom stereocenters. The van der Waals surface area contributed by atoms with E-state index < -0.39 is 0 Å². The monoisotopic (exact) mass is 310 g/mol. The lowest BCUT2D eigenvalue weighted by atomic mass is 10.3. The van der Waals surface area contributed by atoms with E-state index in [0.717, 1.165) is 21.6 Å². The first kappa shape index (κ1) is 12.5. The molecule has 0 spiro atoms. The van der Waals surface area contributed by atoms with Crippen molar-refractivity contribution in [3.8, 4) is 0 Å². The molecule has 0 aliphatic rings. The molecule has 2 rings (SSSR count). The van der Waals surface area contributed by atoms with Crippen molar-refractivity contribution >= 4 is 27.7 Å². The Hall–Kier alpha value is -0.980. The fourth-order valence-corrected chi connectivity index (χ4v) is 2.08. The second-order valence-corrected chi connectivity index (χ2v) is 5.22. The second-order valence-electron chi connectivity index (χ2n) is 3.32. The van der Waals surface area contributed by atoms with Gasteiger partial charge in [0.05, 0.1) is 0 Å². The van der Waals surface area contributed by atoms with Gasteiger partial charge in [0.15, 0.2) is 5.16 Å². The van der Waals surface area contributed by atoms with Crippen molar-refractivity contribution < 1.29 is 0 Å². The zero-order chi connectivity index (χ0) is 12.1. The standard InChI is InChI=1S/C11H11BrN4S/c1-13-4-8-5-15-11(16-6-8)17-10-3-2-9(12)7-14-10/h2-3,5-7,13H,4H2,1H3. The topological polar surface area (TPSA) is 50.7 Å². The van der Waals surface area contributed by atoms with Crippen LogP contribution in [-0.2, 0) is 6.54 Å². The van der Waals surface area contributed by atoms with Gasteiger partial charge in [0.1, 0.15) is 5.03 Å². The quantitative estimate of drug-likeness (QED) is 0.879. The lowest BCUT2D eigenvalue weighted by Crippen LogP contribution is -2.05. The molecule has 2 aromatic rings. The van der Waals surface area contributed by atoms with Crippen LogP contribution in [0.1, 0.15) is 5.56 Å². The second kappa shape index (κ2) is 6.09. The van der Waals surface area contributed by atoms with Gasteiger partial charge in [0.2, 0.25) is 0 Å². The third-order valence-corrected chi connectivity index (χ3v) is 3.27. The zero-order valence-electron chi connectivity index (χ0n) is 9.22. The van der Waals surface area contributed by atoms with E-state index in [1.807, 2.05) is 31.6 Å². The van der Waals surface area contributed by atoms with E-state index in [4.69, 9.17) is 0 Å². The summed E-state index contributed by atoms with van der Waals surface area (Å²) in [6.07, 6.45) is 5.41. The van der Waals surface area contributed by atoms with Crippen LogP contribution in [-0.4, -0.2) is 22.0 Å². The van der Waals surface area contributed by atoms with E-state index in [-0.39, 0.29) is 0 Å². The van der Waals surface area contributed by atoms with Crippen LogP contribution in [0, 0.1) is 0 Å². The van der Waals surface area contributed by atoms with Gasteiger partial charge in [-0.15, -0.1) is 0 Å². The molecular weight excluding hydrogens is 300 g/mol. The number of pyridine rings is 1. The maximum Gasteiger partial charge on any atom is 0.193 e. The lowest BCUT2D eigenvalue weighted by molar-refractivity contribution is 0.793. The minimum atomic E-state index is 0.708. The van der Waals surface area contributed by atoms with Gasteiger partial charge in [-0.3, -0.25) is 0 Å². The molecule has 17 heavy (non-hydrogen) atoms. The van der Waals surface area contributed by atoms with Gasteiger partial charge in [-0.1, -0.05) is 0 Å². The van der Waals surface area contributed by atoms with Gasteiger partial charge in [-0.05, 0) is 46.9 Å². The molecule has 0 aliphatic heterocycles. The maximum atomic E-state index is 4.28. The lowest BCUT2D eigenvalue weighted by Gasteiger charge is -2.01. The third kappa shape index (κ3) is 3.76. The minimum Gasteiger partial charge on any atom is -0.316 e. The van der Waals surface area contributed by atoms with E-state index in [2.05, 4.69) is 36.2 Å². The van der Waals surface area contributed by atoms with Gasteiger partial charge < -0.3 is 5.32 Å². The van der Waals surface area contributed by atoms with Crippen molar-refractivity contribution in [3.63, 3.8) is 0 Å². The molecule has 0 atom stereocenters. The molecule has 6 heteroatoms. The Morgan fingerprint density at radius 2 is 1.94 bits per heavy atom. The summed E-state index contributed by atoms with van der Waals surface area (Å²) < 4.78 is 0.965. The molecule has 0 saturated heterocycles. The smallest absolute Gasteiger partial charge is 0.193 e. The van der Waals surface area contributed by atoms with Crippen LogP contribution in [0.3, 0.4) is 0 Å². The highest BCUT2D eigenvalue weighted by molar-refractivity contribution is 9.10. The minimum absolute atomic E-state index is 0.708. The van der Waals surface area contributed by atoms with Crippen LogP contribution in [0.5, 0.6) is 0 Å². The first-order valence-electron chi connectivity index (χ1n) is 5.03. The van der Waals surface area contributed by atoms with Crippen molar-refractivity contribution in [1.29, 1.82) is 0 Å². The van der Waals surface area contributed by atoms with Crippen LogP contribution < -0.4 is 5.32 Å². The van der Waals surface area contributed by atoms with E-state index in [9.17, 15) is 0 Å². The van der Waals surface area contributed by atoms with Crippen LogP contribution >= 0.6 is 27.7 Å². The number of halogens is 1. The summed E-state index contributed by atoms with van der Waals surface area (Å²) in [6, 6.07) is 3.88. The van der Waals surface area contributed by atoms with Crippen LogP contribution in [0.25, 0.3) is 0 Å². The fraction of sp³-hybridized carbons (Fsp3) is 0.182. The Morgan fingerprint density at radius 3 is 2.53 bits per heavy atom. The van der Waals surface area contributed by atoms with E-state index in [1.165, 1.54) is 11.8 Å². The molecule has 0 saturated carbocycles. The average molecular weight is 311 g/mol. The van der Waals surface area contributed by atoms with Gasteiger partial charge in [-0.2, -0.15) is 0 Å². The van der Waals surface area contributed by atoms with Crippen molar-refractivity contribution in [2.45, 2.75) is 16.7 Å². The zero-order valence-corrected chi connectivity index (χ0v) is 11.6. The Labute approximate surface area is 112 Å². The van der Waals surface area contributed by atoms with Crippen molar-refractivity contribution in [1.82, 2.24) is 20.3 Å². The fourth-order valence-electron chi connectivity index (χ4n) is 1.21. The Bertz CT molecular complexity index is 472. The average Bonchev–Trinajstić information content (AvgIpc) is 2.35. The molecule has 0 aliphatic carbocycles. The number of rotatable bonds is 4. The first-order valence-corrected chi connectivity index (χ1v) is 6.64. The molecule has 0 aromatic carbocycles. The van der Waals surface area contributed by atoms with Gasteiger partial charge in [-0.25, -0.2) is 15.0 Å². The van der Waals surface area contributed by atoms with Gasteiger partial charge in [0, 0.05) is 35.2 Å². The molecule has 0 amide bonds. The molecule has 88 valence electrons. The SMILES string of the molecule is CNCc1cnc(Sc2ccc(Br)cn2)nc1. The number of aromatic nitrogens is 3. The summed E-state index contributed by atoms with van der Waals surface area (Å²) in [4.78, 5) is 12.8. The Morgan fingerprint density at radius 1 is 1.18 bits per heavy atom. The molecule has 4 nitrogen and oxygen atoms in total. The highest BCUT2D eigenvalue weighted by Crippen LogP contribution is 2.22. The molecule has 2 heterocycles. The van der Waals surface area contributed by atoms with Gasteiger partial charge in [0.25, 0.3) is 0 Å². The summed E-state index contributed by atoms with van der Waals surface area (Å²) in [5.74, 6) is 0. The predicted octanol–water partition coefficient (Wildman–Crippen LogP) is 2.50. The molecule has 0 radical (unpaired) electrons. The van der Waals surface area contributed by atoms with E-state index >= 15 is 0 Å². The van der Waals surface area contributed by atoms with Crippen LogP contribution in [0.15, 0.2) is 45.4 Å². The number of hydrogen-bond donors (Lipinski definition) is 1. The summed E-state index contributed by atoms with van der Waals surface area (Å²) >= 11 is 4.80. The molecule has 0 bridgehead atoms. The maximum absolute atomic E-state index is 4.28. The first-order chi connectivity index (χ1) is 8.28. The summed E-state index contributed by atoms with van der Waals surface area (Å²) in [6.45, 7) is 0.779. The highest BCUT2D eigenvalue weighted by Gasteiger charge is 2.01. The van der Waals surface area contributed by atoms with Crippen LogP contribution in [0.4, 0.5) is 0 Å². The van der Waals surface area contributed by atoms with Crippen molar-refractivity contribution in [2.75, 3.05) is 7.05 Å². The Kier molecular flexibility index (Phi) is 4.47. The van der Waals surface area contributed by atoms with Crippen molar-refractivity contribution in [3.05, 3.63) is 40.8 Å². The molecule has 2 aromatic heterocycles. The predicted molar refractivity (Wildman–Crippen MR) is 70.9 cm³/mol. The largest absolute Gasteiger partial charge is 0.316 e. The van der Waals surface area contributed by atoms with Crippen molar-refractivity contribution in [2.24, 2.45) is 0 Å². The number of nitrogens with zero attached hydrogens (tertiary/aromatic N) is 3.